The minimum Gasteiger partial charge on any atom is -0.472 e. The van der Waals surface area contributed by atoms with Crippen molar-refractivity contribution in [1.82, 2.24) is 5.32 Å². The minimum absolute atomic E-state index is 0.125. The average molecular weight is 254 g/mol. The van der Waals surface area contributed by atoms with Crippen molar-refractivity contribution >= 4 is 5.91 Å². The first kappa shape index (κ1) is 12.9. The molecule has 0 fully saturated rings. The van der Waals surface area contributed by atoms with Crippen LogP contribution in [0.3, 0.4) is 0 Å². The molecule has 3 N–H and O–H groups in total. The van der Waals surface area contributed by atoms with E-state index in [4.69, 9.17) is 10.2 Å². The van der Waals surface area contributed by atoms with E-state index in [-0.39, 0.29) is 5.91 Å². The lowest BCUT2D eigenvalue weighted by atomic mass is 10.1. The molecule has 0 aliphatic heterocycles. The van der Waals surface area contributed by atoms with Gasteiger partial charge in [-0.2, -0.15) is 0 Å². The molecule has 1 aromatic heterocycles. The Balaban J connectivity index is 1.95. The van der Waals surface area contributed by atoms with E-state index in [2.05, 4.69) is 17.2 Å². The summed E-state index contributed by atoms with van der Waals surface area (Å²) in [5.74, 6) is 5.54. The summed E-state index contributed by atoms with van der Waals surface area (Å²) in [6, 6.07) is 8.90. The average Bonchev–Trinajstić information content (AvgIpc) is 2.96. The van der Waals surface area contributed by atoms with Crippen LogP contribution in [0.5, 0.6) is 0 Å². The van der Waals surface area contributed by atoms with Crippen LogP contribution in [0.25, 0.3) is 0 Å². The minimum atomic E-state index is -0.125. The Labute approximate surface area is 111 Å². The second kappa shape index (κ2) is 6.43. The van der Waals surface area contributed by atoms with Gasteiger partial charge in [0.2, 0.25) is 0 Å². The van der Waals surface area contributed by atoms with Gasteiger partial charge in [-0.05, 0) is 30.3 Å². The monoisotopic (exact) mass is 254 g/mol. The van der Waals surface area contributed by atoms with E-state index in [0.29, 0.717) is 18.7 Å². The lowest BCUT2D eigenvalue weighted by molar-refractivity contribution is 0.0951. The second-order valence-corrected chi connectivity index (χ2v) is 3.90. The molecule has 2 rings (SSSR count). The number of carbonyl (C=O) groups is 1. The van der Waals surface area contributed by atoms with Crippen LogP contribution in [0, 0.1) is 11.8 Å². The fourth-order valence-electron chi connectivity index (χ4n) is 1.54. The van der Waals surface area contributed by atoms with Gasteiger partial charge in [0, 0.05) is 23.2 Å². The summed E-state index contributed by atoms with van der Waals surface area (Å²) in [5, 5.41) is 2.81. The maximum absolute atomic E-state index is 11.9. The topological polar surface area (TPSA) is 68.3 Å². The molecule has 0 aliphatic carbocycles. The van der Waals surface area contributed by atoms with Crippen molar-refractivity contribution in [3.8, 4) is 11.8 Å². The molecule has 2 aromatic rings. The Morgan fingerprint density at radius 1 is 1.26 bits per heavy atom. The van der Waals surface area contributed by atoms with Crippen molar-refractivity contribution in [2.75, 3.05) is 6.54 Å². The molecular weight excluding hydrogens is 240 g/mol. The number of carbonyl (C=O) groups excluding carboxylic acids is 1. The molecule has 19 heavy (non-hydrogen) atoms. The van der Waals surface area contributed by atoms with Gasteiger partial charge in [0.15, 0.2) is 0 Å². The quantitative estimate of drug-likeness (QED) is 0.816. The highest BCUT2D eigenvalue weighted by Gasteiger charge is 2.05. The molecule has 0 radical (unpaired) electrons. The molecule has 96 valence electrons. The number of benzene rings is 1. The van der Waals surface area contributed by atoms with Crippen LogP contribution < -0.4 is 11.1 Å². The third-order valence-corrected chi connectivity index (χ3v) is 2.52. The predicted octanol–water partition coefficient (Wildman–Crippen LogP) is 1.52. The zero-order valence-corrected chi connectivity index (χ0v) is 10.3. The number of furan rings is 1. The Bertz CT molecular complexity index is 589. The molecule has 4 nitrogen and oxygen atoms in total. The van der Waals surface area contributed by atoms with Gasteiger partial charge < -0.3 is 15.5 Å². The van der Waals surface area contributed by atoms with Crippen LogP contribution in [0.15, 0.2) is 47.3 Å². The Kier molecular flexibility index (Phi) is 4.38. The van der Waals surface area contributed by atoms with Crippen molar-refractivity contribution in [3.63, 3.8) is 0 Å². The molecule has 0 spiro atoms. The molecule has 0 unspecified atom stereocenters. The van der Waals surface area contributed by atoms with Crippen LogP contribution in [0.2, 0.25) is 0 Å². The van der Waals surface area contributed by atoms with E-state index in [1.54, 1.807) is 36.8 Å². The third-order valence-electron chi connectivity index (χ3n) is 2.52. The zero-order chi connectivity index (χ0) is 13.5. The molecule has 0 aliphatic rings. The van der Waals surface area contributed by atoms with Gasteiger partial charge in [0.05, 0.1) is 19.1 Å². The van der Waals surface area contributed by atoms with Crippen molar-refractivity contribution in [2.45, 2.75) is 6.54 Å². The maximum Gasteiger partial charge on any atom is 0.251 e. The van der Waals surface area contributed by atoms with Crippen LogP contribution in [0.4, 0.5) is 0 Å². The lowest BCUT2D eigenvalue weighted by Crippen LogP contribution is -2.22. The van der Waals surface area contributed by atoms with E-state index in [9.17, 15) is 4.79 Å². The molecule has 0 saturated heterocycles. The second-order valence-electron chi connectivity index (χ2n) is 3.90. The van der Waals surface area contributed by atoms with Crippen LogP contribution in [0.1, 0.15) is 21.5 Å². The van der Waals surface area contributed by atoms with E-state index < -0.39 is 0 Å². The van der Waals surface area contributed by atoms with Gasteiger partial charge in [-0.15, -0.1) is 0 Å². The summed E-state index contributed by atoms with van der Waals surface area (Å²) >= 11 is 0. The first-order chi connectivity index (χ1) is 9.29. The molecule has 1 amide bonds. The van der Waals surface area contributed by atoms with E-state index in [1.165, 1.54) is 0 Å². The molecule has 1 heterocycles. The summed E-state index contributed by atoms with van der Waals surface area (Å²) in [6.45, 7) is 0.775. The number of hydrogen-bond donors (Lipinski definition) is 2. The van der Waals surface area contributed by atoms with Gasteiger partial charge in [-0.1, -0.05) is 11.8 Å². The first-order valence-electron chi connectivity index (χ1n) is 5.88. The first-order valence-corrected chi connectivity index (χ1v) is 5.88. The van der Waals surface area contributed by atoms with Crippen LogP contribution >= 0.6 is 0 Å². The van der Waals surface area contributed by atoms with Gasteiger partial charge in [-0.25, -0.2) is 0 Å². The lowest BCUT2D eigenvalue weighted by Gasteiger charge is -2.03. The van der Waals surface area contributed by atoms with Crippen LogP contribution in [-0.4, -0.2) is 12.5 Å². The van der Waals surface area contributed by atoms with Crippen molar-refractivity contribution in [1.29, 1.82) is 0 Å². The maximum atomic E-state index is 11.9. The fourth-order valence-corrected chi connectivity index (χ4v) is 1.54. The van der Waals surface area contributed by atoms with Gasteiger partial charge >= 0.3 is 0 Å². The van der Waals surface area contributed by atoms with Gasteiger partial charge in [0.1, 0.15) is 0 Å². The standard InChI is InChI=1S/C15H14N2O2/c16-8-1-2-12-3-5-14(6-4-12)15(18)17-10-13-7-9-19-11-13/h3-7,9,11H,8,10,16H2,(H,17,18). The van der Waals surface area contributed by atoms with Crippen molar-refractivity contribution in [3.05, 3.63) is 59.5 Å². The van der Waals surface area contributed by atoms with Crippen molar-refractivity contribution < 1.29 is 9.21 Å². The van der Waals surface area contributed by atoms with Crippen LogP contribution in [-0.2, 0) is 6.54 Å². The highest BCUT2D eigenvalue weighted by atomic mass is 16.3. The number of rotatable bonds is 3. The Morgan fingerprint density at radius 3 is 2.68 bits per heavy atom. The molecule has 0 saturated carbocycles. The number of nitrogens with two attached hydrogens (primary N) is 1. The smallest absolute Gasteiger partial charge is 0.251 e. The third kappa shape index (κ3) is 3.73. The van der Waals surface area contributed by atoms with E-state index >= 15 is 0 Å². The normalized spacial score (nSPS) is 9.53. The number of amides is 1. The summed E-state index contributed by atoms with van der Waals surface area (Å²) in [7, 11) is 0. The fraction of sp³-hybridized carbons (Fsp3) is 0.133. The zero-order valence-electron chi connectivity index (χ0n) is 10.3. The number of nitrogens with one attached hydrogen (secondary N) is 1. The van der Waals surface area contributed by atoms with Gasteiger partial charge in [-0.3, -0.25) is 4.79 Å². The van der Waals surface area contributed by atoms with E-state index in [1.807, 2.05) is 6.07 Å². The summed E-state index contributed by atoms with van der Waals surface area (Å²) < 4.78 is 4.93. The Hall–Kier alpha value is -2.51. The molecule has 0 atom stereocenters. The Morgan fingerprint density at radius 2 is 2.05 bits per heavy atom. The SMILES string of the molecule is NCC#Cc1ccc(C(=O)NCc2ccoc2)cc1. The highest BCUT2D eigenvalue weighted by molar-refractivity contribution is 5.94. The highest BCUT2D eigenvalue weighted by Crippen LogP contribution is 2.04. The molecule has 0 bridgehead atoms. The van der Waals surface area contributed by atoms with Crippen molar-refractivity contribution in [2.24, 2.45) is 5.73 Å². The molecule has 4 heteroatoms. The summed E-state index contributed by atoms with van der Waals surface area (Å²) in [6.07, 6.45) is 3.18. The van der Waals surface area contributed by atoms with E-state index in [0.717, 1.165) is 11.1 Å². The predicted molar refractivity (Wildman–Crippen MR) is 72.3 cm³/mol. The van der Waals surface area contributed by atoms with Gasteiger partial charge in [0.25, 0.3) is 5.91 Å². The number of hydrogen-bond acceptors (Lipinski definition) is 3. The molecular formula is C15H14N2O2. The molecule has 1 aromatic carbocycles. The summed E-state index contributed by atoms with van der Waals surface area (Å²) in [4.78, 5) is 11.9. The summed E-state index contributed by atoms with van der Waals surface area (Å²) in [5.41, 5.74) is 7.67. The largest absolute Gasteiger partial charge is 0.472 e.